The topological polar surface area (TPSA) is 84.1 Å². The van der Waals surface area contributed by atoms with Crippen LogP contribution >= 0.6 is 0 Å². The average molecular weight is 250 g/mol. The predicted octanol–water partition coefficient (Wildman–Crippen LogP) is 1.26. The van der Waals surface area contributed by atoms with Crippen LogP contribution in [0.15, 0.2) is 6.07 Å². The predicted molar refractivity (Wildman–Crippen MR) is 56.2 cm³/mol. The highest BCUT2D eigenvalue weighted by Gasteiger charge is 2.35. The van der Waals surface area contributed by atoms with Crippen LogP contribution in [-0.2, 0) is 6.18 Å². The van der Waals surface area contributed by atoms with Gasteiger partial charge in [-0.05, 0) is 6.42 Å². The third kappa shape index (κ3) is 3.74. The maximum absolute atomic E-state index is 12.4. The summed E-state index contributed by atoms with van der Waals surface area (Å²) in [6, 6.07) is 0.818. The lowest BCUT2D eigenvalue weighted by molar-refractivity contribution is -0.144. The van der Waals surface area contributed by atoms with Gasteiger partial charge in [-0.25, -0.2) is 9.97 Å². The molecule has 0 aliphatic heterocycles. The minimum atomic E-state index is -4.65. The van der Waals surface area contributed by atoms with E-state index in [0.29, 0.717) is 6.42 Å². The maximum atomic E-state index is 12.4. The van der Waals surface area contributed by atoms with Gasteiger partial charge in [0.05, 0.1) is 12.6 Å². The van der Waals surface area contributed by atoms with E-state index < -0.39 is 12.0 Å². The second kappa shape index (κ2) is 5.17. The van der Waals surface area contributed by atoms with Crippen LogP contribution in [0.3, 0.4) is 0 Å². The summed E-state index contributed by atoms with van der Waals surface area (Å²) >= 11 is 0. The standard InChI is InChI=1S/C9H13F3N4O/c1-2-5(4-17)14-7-3-6(13)15-8(16-7)9(10,11)12/h3,5,17H,2,4H2,1H3,(H3,13,14,15,16). The Kier molecular flexibility index (Phi) is 4.11. The Morgan fingerprint density at radius 1 is 1.47 bits per heavy atom. The lowest BCUT2D eigenvalue weighted by Gasteiger charge is -2.15. The molecule has 1 aromatic heterocycles. The molecule has 8 heteroatoms. The van der Waals surface area contributed by atoms with Gasteiger partial charge in [0.1, 0.15) is 11.6 Å². The summed E-state index contributed by atoms with van der Waals surface area (Å²) in [5.41, 5.74) is 5.26. The number of aliphatic hydroxyl groups is 1. The Bertz CT molecular complexity index is 379. The molecule has 0 radical (unpaired) electrons. The number of nitrogens with two attached hydrogens (primary N) is 1. The molecule has 1 aromatic rings. The fraction of sp³-hybridized carbons (Fsp3) is 0.556. The first-order valence-electron chi connectivity index (χ1n) is 4.96. The monoisotopic (exact) mass is 250 g/mol. The van der Waals surface area contributed by atoms with E-state index in [-0.39, 0.29) is 24.3 Å². The van der Waals surface area contributed by atoms with Crippen LogP contribution in [0.2, 0.25) is 0 Å². The lowest BCUT2D eigenvalue weighted by Crippen LogP contribution is -2.24. The first-order valence-corrected chi connectivity index (χ1v) is 4.96. The van der Waals surface area contributed by atoms with Crippen LogP contribution in [0.25, 0.3) is 0 Å². The zero-order chi connectivity index (χ0) is 13.1. The van der Waals surface area contributed by atoms with Crippen molar-refractivity contribution in [1.82, 2.24) is 9.97 Å². The molecule has 0 spiro atoms. The maximum Gasteiger partial charge on any atom is 0.451 e. The zero-order valence-corrected chi connectivity index (χ0v) is 9.12. The molecule has 1 heterocycles. The van der Waals surface area contributed by atoms with E-state index in [1.165, 1.54) is 6.07 Å². The molecule has 17 heavy (non-hydrogen) atoms. The highest BCUT2D eigenvalue weighted by molar-refractivity contribution is 5.45. The Hall–Kier alpha value is -1.57. The van der Waals surface area contributed by atoms with E-state index in [4.69, 9.17) is 10.8 Å². The fourth-order valence-electron chi connectivity index (χ4n) is 1.15. The molecule has 1 rings (SSSR count). The van der Waals surface area contributed by atoms with Crippen LogP contribution < -0.4 is 11.1 Å². The zero-order valence-electron chi connectivity index (χ0n) is 9.12. The number of nitrogen functional groups attached to an aromatic ring is 1. The summed E-state index contributed by atoms with van der Waals surface area (Å²) in [7, 11) is 0. The van der Waals surface area contributed by atoms with E-state index in [1.54, 1.807) is 6.92 Å². The van der Waals surface area contributed by atoms with Gasteiger partial charge in [-0.2, -0.15) is 13.2 Å². The molecule has 0 aliphatic rings. The molecule has 1 atom stereocenters. The number of hydrogen-bond acceptors (Lipinski definition) is 5. The van der Waals surface area contributed by atoms with Gasteiger partial charge in [0.2, 0.25) is 5.82 Å². The smallest absolute Gasteiger partial charge is 0.394 e. The van der Waals surface area contributed by atoms with Crippen LogP contribution in [0.5, 0.6) is 0 Å². The van der Waals surface area contributed by atoms with Crippen LogP contribution in [-0.4, -0.2) is 27.7 Å². The van der Waals surface area contributed by atoms with E-state index in [9.17, 15) is 13.2 Å². The normalized spacial score (nSPS) is 13.5. The molecule has 0 fully saturated rings. The van der Waals surface area contributed by atoms with Gasteiger partial charge in [0.25, 0.3) is 0 Å². The Labute approximate surface area is 95.9 Å². The van der Waals surface area contributed by atoms with Crippen LogP contribution in [0.4, 0.5) is 24.8 Å². The van der Waals surface area contributed by atoms with Crippen molar-refractivity contribution in [3.05, 3.63) is 11.9 Å². The number of aliphatic hydroxyl groups excluding tert-OH is 1. The second-order valence-corrected chi connectivity index (χ2v) is 3.43. The Morgan fingerprint density at radius 2 is 2.12 bits per heavy atom. The number of hydrogen-bond donors (Lipinski definition) is 3. The lowest BCUT2D eigenvalue weighted by atomic mass is 10.2. The van der Waals surface area contributed by atoms with Gasteiger partial charge >= 0.3 is 6.18 Å². The van der Waals surface area contributed by atoms with Gasteiger partial charge in [0, 0.05) is 6.07 Å². The molecular weight excluding hydrogens is 237 g/mol. The second-order valence-electron chi connectivity index (χ2n) is 3.43. The number of aromatic nitrogens is 2. The molecule has 0 bridgehead atoms. The molecule has 0 aromatic carbocycles. The first kappa shape index (κ1) is 13.5. The summed E-state index contributed by atoms with van der Waals surface area (Å²) in [5.74, 6) is -1.62. The van der Waals surface area contributed by atoms with Crippen molar-refractivity contribution < 1.29 is 18.3 Å². The van der Waals surface area contributed by atoms with Crippen molar-refractivity contribution in [2.75, 3.05) is 17.7 Å². The van der Waals surface area contributed by atoms with Crippen molar-refractivity contribution >= 4 is 11.6 Å². The number of halogens is 3. The quantitative estimate of drug-likeness (QED) is 0.749. The summed E-state index contributed by atoms with van der Waals surface area (Å²) in [6.45, 7) is 1.57. The molecule has 96 valence electrons. The summed E-state index contributed by atoms with van der Waals surface area (Å²) < 4.78 is 37.2. The molecule has 0 saturated heterocycles. The molecule has 0 amide bonds. The van der Waals surface area contributed by atoms with Gasteiger partial charge in [-0.1, -0.05) is 6.92 Å². The summed E-state index contributed by atoms with van der Waals surface area (Å²) in [6.07, 6.45) is -4.10. The van der Waals surface area contributed by atoms with Crippen molar-refractivity contribution in [2.24, 2.45) is 0 Å². The van der Waals surface area contributed by atoms with Gasteiger partial charge in [0.15, 0.2) is 0 Å². The SMILES string of the molecule is CCC(CO)Nc1cc(N)nc(C(F)(F)F)n1. The molecule has 5 nitrogen and oxygen atoms in total. The first-order chi connectivity index (χ1) is 7.86. The average Bonchev–Trinajstić information content (AvgIpc) is 2.24. The number of rotatable bonds is 4. The van der Waals surface area contributed by atoms with Gasteiger partial charge < -0.3 is 16.2 Å². The van der Waals surface area contributed by atoms with E-state index >= 15 is 0 Å². The number of anilines is 2. The molecule has 0 aliphatic carbocycles. The van der Waals surface area contributed by atoms with E-state index in [0.717, 1.165) is 0 Å². The molecule has 4 N–H and O–H groups in total. The van der Waals surface area contributed by atoms with Crippen molar-refractivity contribution in [2.45, 2.75) is 25.6 Å². The number of nitrogens with one attached hydrogen (secondary N) is 1. The molecule has 0 saturated carbocycles. The summed E-state index contributed by atoms with van der Waals surface area (Å²) in [5, 5.41) is 11.6. The highest BCUT2D eigenvalue weighted by atomic mass is 19.4. The molecule has 1 unspecified atom stereocenters. The number of nitrogens with zero attached hydrogens (tertiary/aromatic N) is 2. The van der Waals surface area contributed by atoms with Crippen molar-refractivity contribution in [1.29, 1.82) is 0 Å². The van der Waals surface area contributed by atoms with Crippen molar-refractivity contribution in [3.63, 3.8) is 0 Å². The van der Waals surface area contributed by atoms with Crippen molar-refractivity contribution in [3.8, 4) is 0 Å². The minimum absolute atomic E-state index is 0.0503. The van der Waals surface area contributed by atoms with E-state index in [2.05, 4.69) is 15.3 Å². The van der Waals surface area contributed by atoms with E-state index in [1.807, 2.05) is 0 Å². The number of alkyl halides is 3. The fourth-order valence-corrected chi connectivity index (χ4v) is 1.15. The van der Waals surface area contributed by atoms with Crippen LogP contribution in [0.1, 0.15) is 19.2 Å². The molecular formula is C9H13F3N4O. The highest BCUT2D eigenvalue weighted by Crippen LogP contribution is 2.27. The largest absolute Gasteiger partial charge is 0.451 e. The van der Waals surface area contributed by atoms with Gasteiger partial charge in [-0.3, -0.25) is 0 Å². The van der Waals surface area contributed by atoms with Gasteiger partial charge in [-0.15, -0.1) is 0 Å². The third-order valence-electron chi connectivity index (χ3n) is 2.06. The Balaban J connectivity index is 2.97. The third-order valence-corrected chi connectivity index (χ3v) is 2.06. The van der Waals surface area contributed by atoms with Crippen LogP contribution in [0, 0.1) is 0 Å². The Morgan fingerprint density at radius 3 is 2.59 bits per heavy atom. The minimum Gasteiger partial charge on any atom is -0.394 e. The summed E-state index contributed by atoms with van der Waals surface area (Å²) in [4.78, 5) is 6.41.